The van der Waals surface area contributed by atoms with E-state index in [0.29, 0.717) is 11.5 Å². The highest BCUT2D eigenvalue weighted by molar-refractivity contribution is 6.06. The quantitative estimate of drug-likeness (QED) is 0.743. The van der Waals surface area contributed by atoms with Crippen molar-refractivity contribution in [3.8, 4) is 0 Å². The lowest BCUT2D eigenvalue weighted by molar-refractivity contribution is -0.0892. The Morgan fingerprint density at radius 3 is 2.83 bits per heavy atom. The number of aromatic nitrogens is 3. The van der Waals surface area contributed by atoms with Crippen LogP contribution in [0.3, 0.4) is 0 Å². The van der Waals surface area contributed by atoms with Gasteiger partial charge in [-0.15, -0.1) is 0 Å². The fraction of sp³-hybridized carbons (Fsp3) is 0.474. The van der Waals surface area contributed by atoms with E-state index in [-0.39, 0.29) is 0 Å². The van der Waals surface area contributed by atoms with Crippen LogP contribution in [0.25, 0.3) is 21.9 Å². The van der Waals surface area contributed by atoms with Crippen molar-refractivity contribution in [3.05, 3.63) is 30.6 Å². The summed E-state index contributed by atoms with van der Waals surface area (Å²) in [5, 5.41) is 2.35. The molecule has 1 saturated heterocycles. The van der Waals surface area contributed by atoms with Gasteiger partial charge < -0.3 is 14.2 Å². The van der Waals surface area contributed by atoms with E-state index in [9.17, 15) is 0 Å². The van der Waals surface area contributed by atoms with Gasteiger partial charge in [0.05, 0.1) is 11.6 Å². The molecule has 2 fully saturated rings. The van der Waals surface area contributed by atoms with E-state index in [1.165, 1.54) is 29.1 Å². The monoisotopic (exact) mass is 322 g/mol. The summed E-state index contributed by atoms with van der Waals surface area (Å²) in [6.07, 6.45) is 6.67. The number of hydrogen-bond donors (Lipinski definition) is 0. The Morgan fingerprint density at radius 1 is 1.21 bits per heavy atom. The zero-order valence-electron chi connectivity index (χ0n) is 14.2. The summed E-state index contributed by atoms with van der Waals surface area (Å²) in [6.45, 7) is 5.14. The van der Waals surface area contributed by atoms with E-state index in [2.05, 4.69) is 46.6 Å². The van der Waals surface area contributed by atoms with Gasteiger partial charge in [0, 0.05) is 55.3 Å². The lowest BCUT2D eigenvalue weighted by Crippen LogP contribution is -2.64. The Morgan fingerprint density at radius 2 is 2.04 bits per heavy atom. The van der Waals surface area contributed by atoms with Crippen LogP contribution in [0.15, 0.2) is 30.6 Å². The Hall–Kier alpha value is -2.14. The van der Waals surface area contributed by atoms with Gasteiger partial charge in [-0.2, -0.15) is 0 Å². The molecular weight excluding hydrogens is 300 g/mol. The van der Waals surface area contributed by atoms with Gasteiger partial charge in [0.1, 0.15) is 11.5 Å². The second kappa shape index (κ2) is 4.93. The van der Waals surface area contributed by atoms with Crippen LogP contribution in [0.2, 0.25) is 0 Å². The molecule has 1 aliphatic heterocycles. The first-order valence-corrected chi connectivity index (χ1v) is 8.75. The predicted molar refractivity (Wildman–Crippen MR) is 95.3 cm³/mol. The first-order chi connectivity index (χ1) is 11.7. The lowest BCUT2D eigenvalue weighted by atomic mass is 9.62. The third-order valence-electron chi connectivity index (χ3n) is 5.73. The summed E-state index contributed by atoms with van der Waals surface area (Å²) in [5.74, 6) is 1.09. The molecule has 0 radical (unpaired) electrons. The van der Waals surface area contributed by atoms with Gasteiger partial charge >= 0.3 is 0 Å². The van der Waals surface area contributed by atoms with E-state index in [4.69, 9.17) is 9.72 Å². The standard InChI is InChI=1S/C19H22N4O/c1-3-24-13-8-19(9-13)11-23(12-19)17-5-4-14-15-10-20-7-6-16(15)22(2)18(14)21-17/h4-7,10,13H,3,8-9,11-12H2,1-2H3. The number of pyridine rings is 2. The normalized spacial score (nSPS) is 19.8. The second-order valence-electron chi connectivity index (χ2n) is 7.33. The first kappa shape index (κ1) is 14.2. The minimum absolute atomic E-state index is 0.485. The van der Waals surface area contributed by atoms with E-state index < -0.39 is 0 Å². The number of hydrogen-bond acceptors (Lipinski definition) is 4. The zero-order valence-corrected chi connectivity index (χ0v) is 14.2. The number of fused-ring (bicyclic) bond motifs is 3. The molecule has 124 valence electrons. The molecule has 0 N–H and O–H groups in total. The molecule has 3 aromatic rings. The third kappa shape index (κ3) is 1.91. The van der Waals surface area contributed by atoms with E-state index in [0.717, 1.165) is 31.2 Å². The maximum absolute atomic E-state index is 5.71. The third-order valence-corrected chi connectivity index (χ3v) is 5.73. The largest absolute Gasteiger partial charge is 0.378 e. The topological polar surface area (TPSA) is 43.2 Å². The first-order valence-electron chi connectivity index (χ1n) is 8.75. The van der Waals surface area contributed by atoms with Gasteiger partial charge in [-0.05, 0) is 38.0 Å². The van der Waals surface area contributed by atoms with Crippen LogP contribution < -0.4 is 4.90 Å². The zero-order chi connectivity index (χ0) is 16.3. The average Bonchev–Trinajstić information content (AvgIpc) is 2.82. The predicted octanol–water partition coefficient (Wildman–Crippen LogP) is 3.13. The van der Waals surface area contributed by atoms with Crippen molar-refractivity contribution in [2.24, 2.45) is 12.5 Å². The van der Waals surface area contributed by atoms with Crippen LogP contribution in [-0.4, -0.2) is 40.3 Å². The summed E-state index contributed by atoms with van der Waals surface area (Å²) in [6, 6.07) is 6.40. The number of anilines is 1. The summed E-state index contributed by atoms with van der Waals surface area (Å²) in [5.41, 5.74) is 2.71. The van der Waals surface area contributed by atoms with Crippen molar-refractivity contribution in [1.82, 2.24) is 14.5 Å². The number of aryl methyl sites for hydroxylation is 1. The molecule has 1 spiro atoms. The van der Waals surface area contributed by atoms with Crippen molar-refractivity contribution in [2.45, 2.75) is 25.9 Å². The number of rotatable bonds is 3. The van der Waals surface area contributed by atoms with Gasteiger partial charge in [-0.25, -0.2) is 4.98 Å². The van der Waals surface area contributed by atoms with Gasteiger partial charge in [-0.3, -0.25) is 4.98 Å². The fourth-order valence-electron chi connectivity index (χ4n) is 4.52. The molecule has 2 aliphatic rings. The lowest BCUT2D eigenvalue weighted by Gasteiger charge is -2.59. The maximum Gasteiger partial charge on any atom is 0.143 e. The Balaban J connectivity index is 1.41. The minimum atomic E-state index is 0.485. The average molecular weight is 322 g/mol. The molecule has 5 heteroatoms. The summed E-state index contributed by atoms with van der Waals surface area (Å²) in [4.78, 5) is 11.6. The number of ether oxygens (including phenoxy) is 1. The molecule has 5 nitrogen and oxygen atoms in total. The highest BCUT2D eigenvalue weighted by atomic mass is 16.5. The van der Waals surface area contributed by atoms with Crippen LogP contribution in [0.1, 0.15) is 19.8 Å². The molecule has 1 saturated carbocycles. The van der Waals surface area contributed by atoms with Gasteiger partial charge in [0.2, 0.25) is 0 Å². The molecular formula is C19H22N4O. The second-order valence-corrected chi connectivity index (χ2v) is 7.33. The van der Waals surface area contributed by atoms with Crippen molar-refractivity contribution in [2.75, 3.05) is 24.6 Å². The Labute approximate surface area is 141 Å². The highest BCUT2D eigenvalue weighted by Crippen LogP contribution is 2.50. The van der Waals surface area contributed by atoms with Gasteiger partial charge in [0.25, 0.3) is 0 Å². The molecule has 0 unspecified atom stereocenters. The molecule has 0 aromatic carbocycles. The van der Waals surface area contributed by atoms with Gasteiger partial charge in [-0.1, -0.05) is 0 Å². The van der Waals surface area contributed by atoms with Crippen molar-refractivity contribution < 1.29 is 4.74 Å². The molecule has 24 heavy (non-hydrogen) atoms. The fourth-order valence-corrected chi connectivity index (χ4v) is 4.52. The molecule has 0 atom stereocenters. The Bertz CT molecular complexity index is 918. The summed E-state index contributed by atoms with van der Waals surface area (Å²) < 4.78 is 7.88. The van der Waals surface area contributed by atoms with Crippen LogP contribution >= 0.6 is 0 Å². The van der Waals surface area contributed by atoms with Crippen LogP contribution in [0.5, 0.6) is 0 Å². The highest BCUT2D eigenvalue weighted by Gasteiger charge is 2.53. The van der Waals surface area contributed by atoms with E-state index >= 15 is 0 Å². The molecule has 4 heterocycles. The van der Waals surface area contributed by atoms with Crippen LogP contribution in [0, 0.1) is 5.41 Å². The van der Waals surface area contributed by atoms with Crippen molar-refractivity contribution in [1.29, 1.82) is 0 Å². The van der Waals surface area contributed by atoms with Crippen LogP contribution in [0.4, 0.5) is 5.82 Å². The SMILES string of the molecule is CCOC1CC2(C1)CN(c1ccc3c4cnccc4n(C)c3n1)C2. The summed E-state index contributed by atoms with van der Waals surface area (Å²) in [7, 11) is 2.08. The smallest absolute Gasteiger partial charge is 0.143 e. The van der Waals surface area contributed by atoms with E-state index in [1.807, 2.05) is 12.4 Å². The Kier molecular flexibility index (Phi) is 2.92. The van der Waals surface area contributed by atoms with Gasteiger partial charge in [0.15, 0.2) is 0 Å². The van der Waals surface area contributed by atoms with Crippen molar-refractivity contribution in [3.63, 3.8) is 0 Å². The minimum Gasteiger partial charge on any atom is -0.378 e. The molecule has 1 aliphatic carbocycles. The molecule has 0 bridgehead atoms. The molecule has 5 rings (SSSR count). The molecule has 0 amide bonds. The van der Waals surface area contributed by atoms with Crippen molar-refractivity contribution >= 4 is 27.8 Å². The molecule has 3 aromatic heterocycles. The van der Waals surface area contributed by atoms with E-state index in [1.54, 1.807) is 0 Å². The van der Waals surface area contributed by atoms with Crippen LogP contribution in [-0.2, 0) is 11.8 Å². The summed E-state index contributed by atoms with van der Waals surface area (Å²) >= 11 is 0. The number of nitrogens with zero attached hydrogens (tertiary/aromatic N) is 4. The maximum atomic E-state index is 5.71.